The molecule has 3 rings (SSSR count). The van der Waals surface area contributed by atoms with E-state index in [0.717, 1.165) is 23.5 Å². The second kappa shape index (κ2) is 9.27. The van der Waals surface area contributed by atoms with Crippen molar-refractivity contribution in [2.45, 2.75) is 26.2 Å². The van der Waals surface area contributed by atoms with Crippen LogP contribution in [0.4, 0.5) is 21.5 Å². The summed E-state index contributed by atoms with van der Waals surface area (Å²) in [5, 5.41) is 0. The molecule has 0 saturated carbocycles. The smallest absolute Gasteiger partial charge is 0.124 e. The van der Waals surface area contributed by atoms with Crippen molar-refractivity contribution >= 4 is 17.1 Å². The number of hydrogen-bond acceptors (Lipinski definition) is 3. The van der Waals surface area contributed by atoms with E-state index in [1.807, 2.05) is 18.2 Å². The average Bonchev–Trinajstić information content (AvgIpc) is 2.74. The molecule has 0 aliphatic heterocycles. The van der Waals surface area contributed by atoms with E-state index in [4.69, 9.17) is 9.47 Å². The Hall–Kier alpha value is -3.01. The van der Waals surface area contributed by atoms with Gasteiger partial charge in [0.15, 0.2) is 0 Å². The van der Waals surface area contributed by atoms with Gasteiger partial charge in [0.25, 0.3) is 0 Å². The Balaban J connectivity index is 2.07. The van der Waals surface area contributed by atoms with Gasteiger partial charge in [-0.2, -0.15) is 0 Å². The van der Waals surface area contributed by atoms with Gasteiger partial charge in [-0.25, -0.2) is 4.39 Å². The van der Waals surface area contributed by atoms with Crippen molar-refractivity contribution in [3.63, 3.8) is 0 Å². The fourth-order valence-electron chi connectivity index (χ4n) is 3.15. The number of methoxy groups -OCH3 is 2. The molecular formula is C24H26FNO2. The maximum Gasteiger partial charge on any atom is 0.124 e. The average molecular weight is 379 g/mol. The predicted octanol–water partition coefficient (Wildman–Crippen LogP) is 6.66. The summed E-state index contributed by atoms with van der Waals surface area (Å²) in [6.07, 6.45) is 3.42. The Kier molecular flexibility index (Phi) is 6.53. The molecule has 4 heteroatoms. The van der Waals surface area contributed by atoms with E-state index in [9.17, 15) is 4.39 Å². The molecule has 0 saturated heterocycles. The lowest BCUT2D eigenvalue weighted by Gasteiger charge is -2.26. The van der Waals surface area contributed by atoms with Crippen molar-refractivity contribution in [3.05, 3.63) is 78.1 Å². The van der Waals surface area contributed by atoms with Crippen LogP contribution in [-0.4, -0.2) is 14.2 Å². The number of aryl methyl sites for hydroxylation is 1. The molecule has 0 spiro atoms. The molecule has 0 amide bonds. The van der Waals surface area contributed by atoms with E-state index < -0.39 is 0 Å². The number of hydrogen-bond donors (Lipinski definition) is 0. The second-order valence-electron chi connectivity index (χ2n) is 6.65. The van der Waals surface area contributed by atoms with Crippen molar-refractivity contribution in [2.75, 3.05) is 19.1 Å². The van der Waals surface area contributed by atoms with E-state index in [2.05, 4.69) is 36.1 Å². The second-order valence-corrected chi connectivity index (χ2v) is 6.65. The zero-order chi connectivity index (χ0) is 19.9. The Labute approximate surface area is 166 Å². The largest absolute Gasteiger partial charge is 0.497 e. The van der Waals surface area contributed by atoms with Gasteiger partial charge in [-0.1, -0.05) is 25.5 Å². The third-order valence-electron chi connectivity index (χ3n) is 4.69. The van der Waals surface area contributed by atoms with Crippen LogP contribution >= 0.6 is 0 Å². The number of ether oxygens (including phenoxy) is 2. The molecule has 0 aliphatic carbocycles. The highest BCUT2D eigenvalue weighted by Crippen LogP contribution is 2.38. The van der Waals surface area contributed by atoms with Gasteiger partial charge < -0.3 is 14.4 Å². The molecule has 0 unspecified atom stereocenters. The van der Waals surface area contributed by atoms with Gasteiger partial charge in [-0.05, 0) is 54.8 Å². The maximum atomic E-state index is 13.5. The summed E-state index contributed by atoms with van der Waals surface area (Å²) < 4.78 is 24.4. The summed E-state index contributed by atoms with van der Waals surface area (Å²) in [5.41, 5.74) is 4.04. The summed E-state index contributed by atoms with van der Waals surface area (Å²) in [6, 6.07) is 20.7. The topological polar surface area (TPSA) is 21.7 Å². The van der Waals surface area contributed by atoms with Gasteiger partial charge in [0.2, 0.25) is 0 Å². The number of unbranched alkanes of at least 4 members (excludes halogenated alkanes) is 1. The third kappa shape index (κ3) is 4.63. The number of halogens is 1. The molecule has 0 heterocycles. The van der Waals surface area contributed by atoms with Crippen LogP contribution in [0.5, 0.6) is 11.5 Å². The molecule has 0 N–H and O–H groups in total. The molecule has 3 nitrogen and oxygen atoms in total. The Morgan fingerprint density at radius 3 is 1.79 bits per heavy atom. The fraction of sp³-hybridized carbons (Fsp3) is 0.250. The molecule has 3 aromatic carbocycles. The van der Waals surface area contributed by atoms with E-state index in [1.54, 1.807) is 26.4 Å². The van der Waals surface area contributed by atoms with Gasteiger partial charge in [0.05, 0.1) is 19.9 Å². The minimum Gasteiger partial charge on any atom is -0.497 e. The van der Waals surface area contributed by atoms with Crippen LogP contribution in [0.1, 0.15) is 25.3 Å². The molecule has 0 aromatic heterocycles. The third-order valence-corrected chi connectivity index (χ3v) is 4.69. The first-order chi connectivity index (χ1) is 13.6. The van der Waals surface area contributed by atoms with Crippen molar-refractivity contribution in [2.24, 2.45) is 0 Å². The lowest BCUT2D eigenvalue weighted by molar-refractivity contribution is 0.394. The number of rotatable bonds is 8. The van der Waals surface area contributed by atoms with Gasteiger partial charge in [-0.3, -0.25) is 0 Å². The van der Waals surface area contributed by atoms with Crippen molar-refractivity contribution < 1.29 is 13.9 Å². The van der Waals surface area contributed by atoms with E-state index in [-0.39, 0.29) is 5.82 Å². The summed E-state index contributed by atoms with van der Waals surface area (Å²) in [5.74, 6) is 1.13. The van der Waals surface area contributed by atoms with Gasteiger partial charge in [0, 0.05) is 29.6 Å². The molecular weight excluding hydrogens is 353 g/mol. The normalized spacial score (nSPS) is 10.6. The Bertz CT molecular complexity index is 869. The molecule has 146 valence electrons. The van der Waals surface area contributed by atoms with Crippen LogP contribution in [0.25, 0.3) is 0 Å². The number of anilines is 3. The molecule has 0 radical (unpaired) electrons. The molecule has 3 aromatic rings. The quantitative estimate of drug-likeness (QED) is 0.437. The standard InChI is InChI=1S/C24H26FNO2/c1-4-5-6-18-7-11-20(12-8-18)26(21-13-9-19(25)10-14-21)22-15-23(27-2)17-24(16-22)28-3/h7-17H,4-6H2,1-3H3. The summed E-state index contributed by atoms with van der Waals surface area (Å²) in [6.45, 7) is 2.20. The molecule has 0 fully saturated rings. The highest BCUT2D eigenvalue weighted by Gasteiger charge is 2.15. The first-order valence-corrected chi connectivity index (χ1v) is 9.52. The first-order valence-electron chi connectivity index (χ1n) is 9.52. The Morgan fingerprint density at radius 2 is 1.29 bits per heavy atom. The highest BCUT2D eigenvalue weighted by molar-refractivity contribution is 5.78. The molecule has 0 atom stereocenters. The lowest BCUT2D eigenvalue weighted by Crippen LogP contribution is -2.10. The van der Waals surface area contributed by atoms with Gasteiger partial charge in [0.1, 0.15) is 17.3 Å². The first kappa shape index (κ1) is 19.7. The summed E-state index contributed by atoms with van der Waals surface area (Å²) >= 11 is 0. The lowest BCUT2D eigenvalue weighted by atomic mass is 10.1. The minimum absolute atomic E-state index is 0.262. The zero-order valence-corrected chi connectivity index (χ0v) is 16.6. The van der Waals surface area contributed by atoms with Crippen LogP contribution in [0.2, 0.25) is 0 Å². The van der Waals surface area contributed by atoms with Crippen molar-refractivity contribution in [1.29, 1.82) is 0 Å². The van der Waals surface area contributed by atoms with Crippen LogP contribution in [0.15, 0.2) is 66.7 Å². The summed E-state index contributed by atoms with van der Waals surface area (Å²) in [4.78, 5) is 2.06. The predicted molar refractivity (Wildman–Crippen MR) is 113 cm³/mol. The van der Waals surface area contributed by atoms with Gasteiger partial charge >= 0.3 is 0 Å². The molecule has 28 heavy (non-hydrogen) atoms. The van der Waals surface area contributed by atoms with Crippen LogP contribution in [0, 0.1) is 5.82 Å². The minimum atomic E-state index is -0.262. The van der Waals surface area contributed by atoms with E-state index >= 15 is 0 Å². The fourth-order valence-corrected chi connectivity index (χ4v) is 3.15. The SMILES string of the molecule is CCCCc1ccc(N(c2ccc(F)cc2)c2cc(OC)cc(OC)c2)cc1. The van der Waals surface area contributed by atoms with E-state index in [0.29, 0.717) is 11.5 Å². The van der Waals surface area contributed by atoms with Crippen molar-refractivity contribution in [3.8, 4) is 11.5 Å². The number of nitrogens with zero attached hydrogens (tertiary/aromatic N) is 1. The van der Waals surface area contributed by atoms with E-state index in [1.165, 1.54) is 30.5 Å². The van der Waals surface area contributed by atoms with Crippen molar-refractivity contribution in [1.82, 2.24) is 0 Å². The molecule has 0 bridgehead atoms. The Morgan fingerprint density at radius 1 is 0.750 bits per heavy atom. The van der Waals surface area contributed by atoms with Crippen LogP contribution in [0.3, 0.4) is 0 Å². The molecule has 0 aliphatic rings. The van der Waals surface area contributed by atoms with Crippen LogP contribution < -0.4 is 14.4 Å². The van der Waals surface area contributed by atoms with Crippen LogP contribution in [-0.2, 0) is 6.42 Å². The monoisotopic (exact) mass is 379 g/mol. The number of benzene rings is 3. The highest BCUT2D eigenvalue weighted by atomic mass is 19.1. The summed E-state index contributed by atoms with van der Waals surface area (Å²) in [7, 11) is 3.26. The van der Waals surface area contributed by atoms with Gasteiger partial charge in [-0.15, -0.1) is 0 Å². The zero-order valence-electron chi connectivity index (χ0n) is 16.6. The maximum absolute atomic E-state index is 13.5.